The number of nitrogens with zero attached hydrogens (tertiary/aromatic N) is 4. The fraction of sp³-hybridized carbons (Fsp3) is 0.379. The van der Waals surface area contributed by atoms with Gasteiger partial charge in [-0.15, -0.1) is 0 Å². The molecule has 7 aliphatic rings. The molecular weight excluding hydrogens is 906 g/mol. The molecule has 6 nitrogen and oxygen atoms in total. The van der Waals surface area contributed by atoms with Crippen LogP contribution in [0.3, 0.4) is 0 Å². The van der Waals surface area contributed by atoms with Crippen molar-refractivity contribution < 1.29 is 29.0 Å². The normalized spacial score (nSPS) is 22.9. The molecule has 0 spiro atoms. The maximum atomic E-state index is 5.34. The number of rotatable bonds is 2. The molecule has 2 saturated heterocycles. The Morgan fingerprint density at radius 3 is 1.03 bits per heavy atom. The predicted octanol–water partition coefficient (Wildman–Crippen LogP) is 15.2. The Hall–Kier alpha value is -4.86. The number of benzene rings is 2. The van der Waals surface area contributed by atoms with Gasteiger partial charge in [-0.1, -0.05) is 91.9 Å². The van der Waals surface area contributed by atoms with E-state index in [1.54, 1.807) is 0 Å². The van der Waals surface area contributed by atoms with Crippen LogP contribution in [0.5, 0.6) is 0 Å². The third-order valence-corrected chi connectivity index (χ3v) is 13.2. The average molecular weight is 975 g/mol. The molecule has 7 heterocycles. The van der Waals surface area contributed by atoms with Crippen LogP contribution >= 0.6 is 0 Å². The van der Waals surface area contributed by atoms with Crippen molar-refractivity contribution in [3.05, 3.63) is 199 Å². The molecule has 0 amide bonds. The minimum Gasteiger partial charge on any atom is -0.556 e. The number of hydrogen-bond acceptors (Lipinski definition) is 2. The third-order valence-electron chi connectivity index (χ3n) is 11.5. The number of hydrogen-bond donors (Lipinski definition) is 0. The van der Waals surface area contributed by atoms with E-state index in [1.807, 2.05) is 0 Å². The number of fused-ring (bicyclic) bond motifs is 8. The quantitative estimate of drug-likeness (QED) is 0.171. The van der Waals surface area contributed by atoms with Gasteiger partial charge in [0.2, 0.25) is 0 Å². The molecule has 2 fully saturated rings. The summed E-state index contributed by atoms with van der Waals surface area (Å²) in [7, 11) is -3.51. The van der Waals surface area contributed by atoms with E-state index >= 15 is 0 Å². The van der Waals surface area contributed by atoms with Crippen molar-refractivity contribution in [2.75, 3.05) is 26.4 Å². The van der Waals surface area contributed by atoms with E-state index in [9.17, 15) is 0 Å². The minimum absolute atomic E-state index is 0. The first-order chi connectivity index (χ1) is 31.2. The van der Waals surface area contributed by atoms with E-state index < -0.39 is 16.1 Å². The molecule has 67 heavy (non-hydrogen) atoms. The van der Waals surface area contributed by atoms with Crippen molar-refractivity contribution in [1.29, 1.82) is 0 Å². The van der Waals surface area contributed by atoms with Crippen molar-refractivity contribution in [3.63, 3.8) is 0 Å². The summed E-state index contributed by atoms with van der Waals surface area (Å²) < 4.78 is 9.89. The van der Waals surface area contributed by atoms with Gasteiger partial charge >= 0.3 is 0 Å². The van der Waals surface area contributed by atoms with Crippen LogP contribution in [0.4, 0.5) is 0 Å². The van der Waals surface area contributed by atoms with Gasteiger partial charge in [0.15, 0.2) is 0 Å². The van der Waals surface area contributed by atoms with Gasteiger partial charge < -0.3 is 30.7 Å². The molecule has 342 valence electrons. The van der Waals surface area contributed by atoms with Gasteiger partial charge in [0, 0.05) is 129 Å². The SMILES string of the molecule is C1CCOC1.C1CCOC1.CC(C)(C)c1ccc(/C2=C3\C=C[C+]([N-]3)/C(C#C[Si](C)(C)C)=C3/C=C[C+]([N-]3)/C(c3ccc(C(C)(C)C)cc3)=C3/C=C[C+]([N-]3)/C(C#C[Si](C)(C)C)=C3/C=C[C+]2[N-]3)cc1.[Zn]. The summed E-state index contributed by atoms with van der Waals surface area (Å²) in [6.45, 7) is 31.0. The van der Waals surface area contributed by atoms with Crippen LogP contribution in [-0.4, -0.2) is 42.6 Å². The maximum Gasteiger partial charge on any atom is 0.144 e. The standard InChI is InChI=1S/C50H52N4Si2.2C4H8O.Zn/c1-49(2,3)35-17-13-33(14-18-35)47-43-25-21-39(51-43)37(29-31-55(7,8)9)41-23-27-45(53-41)48(34-15-19-36(20-16-34)50(4,5)6)46-28-24-42(54-46)38(30-32-56(10,11)12)40-22-26-44(47)52-40;2*1-2-4-5-3-1;/h13-28H,1-12H3;2*1-4H2;/b39-37-,42-38-,47-44-,48-45-;;;. The van der Waals surface area contributed by atoms with Crippen LogP contribution in [0.2, 0.25) is 39.3 Å². The molecular formula is C58H68N4O2Si2Zn. The van der Waals surface area contributed by atoms with E-state index in [2.05, 4.69) is 201 Å². The Labute approximate surface area is 419 Å². The maximum absolute atomic E-state index is 5.34. The summed E-state index contributed by atoms with van der Waals surface area (Å²) in [5.74, 6) is 7.17. The van der Waals surface area contributed by atoms with Gasteiger partial charge in [-0.25, -0.2) is 0 Å². The van der Waals surface area contributed by atoms with Crippen LogP contribution in [-0.2, 0) is 39.8 Å². The smallest absolute Gasteiger partial charge is 0.144 e. The zero-order chi connectivity index (χ0) is 47.3. The average Bonchev–Trinajstić information content (AvgIpc) is 4.10. The van der Waals surface area contributed by atoms with Gasteiger partial charge in [-0.3, -0.25) is 0 Å². The molecule has 7 aliphatic heterocycles. The molecule has 2 aromatic carbocycles. The first kappa shape index (κ1) is 51.5. The molecule has 0 N–H and O–H groups in total. The van der Waals surface area contributed by atoms with Crippen LogP contribution in [0.1, 0.15) is 89.5 Å². The molecule has 2 aromatic rings. The molecule has 0 radical (unpaired) electrons. The Kier molecular flexibility index (Phi) is 16.6. The van der Waals surface area contributed by atoms with Crippen molar-refractivity contribution in [3.8, 4) is 22.9 Å². The molecule has 0 saturated carbocycles. The number of ether oxygens (including phenoxy) is 2. The van der Waals surface area contributed by atoms with E-state index in [1.165, 1.54) is 36.8 Å². The molecule has 0 aromatic heterocycles. The molecule has 8 bridgehead atoms. The Balaban J connectivity index is 0.000000596. The molecule has 0 atom stereocenters. The largest absolute Gasteiger partial charge is 0.556 e. The predicted molar refractivity (Wildman–Crippen MR) is 283 cm³/mol. The molecule has 9 rings (SSSR count). The van der Waals surface area contributed by atoms with Crippen molar-refractivity contribution in [1.82, 2.24) is 0 Å². The summed E-state index contributed by atoms with van der Waals surface area (Å²) in [4.78, 5) is 0. The van der Waals surface area contributed by atoms with Crippen molar-refractivity contribution in [2.45, 2.75) is 117 Å². The van der Waals surface area contributed by atoms with Gasteiger partial charge in [0.25, 0.3) is 0 Å². The summed E-state index contributed by atoms with van der Waals surface area (Å²) in [5.41, 5.74) is 18.8. The van der Waals surface area contributed by atoms with Gasteiger partial charge in [-0.05, 0) is 120 Å². The first-order valence-corrected chi connectivity index (χ1v) is 30.7. The van der Waals surface area contributed by atoms with Gasteiger partial charge in [-0.2, -0.15) is 0 Å². The Bertz CT molecular complexity index is 2290. The molecule has 0 unspecified atom stereocenters. The third kappa shape index (κ3) is 13.7. The summed E-state index contributed by atoms with van der Waals surface area (Å²) in [5, 5.41) is 21.4. The van der Waals surface area contributed by atoms with E-state index in [0.29, 0.717) is 0 Å². The van der Waals surface area contributed by atoms with Gasteiger partial charge in [0.05, 0.1) is 22.3 Å². The van der Waals surface area contributed by atoms with Crippen LogP contribution in [0, 0.1) is 47.1 Å². The second-order valence-corrected chi connectivity index (χ2v) is 31.2. The van der Waals surface area contributed by atoms with Crippen molar-refractivity contribution >= 4 is 27.3 Å². The topological polar surface area (TPSA) is 74.9 Å². The first-order valence-electron chi connectivity index (χ1n) is 23.7. The minimum atomic E-state index is -1.75. The van der Waals surface area contributed by atoms with E-state index in [-0.39, 0.29) is 30.3 Å². The molecule has 0 aliphatic carbocycles. The summed E-state index contributed by atoms with van der Waals surface area (Å²) >= 11 is 0. The van der Waals surface area contributed by atoms with Crippen LogP contribution in [0.15, 0.2) is 131 Å². The van der Waals surface area contributed by atoms with Crippen LogP contribution < -0.4 is 0 Å². The monoisotopic (exact) mass is 972 g/mol. The fourth-order valence-corrected chi connectivity index (χ4v) is 8.73. The second-order valence-electron chi connectivity index (χ2n) is 21.7. The van der Waals surface area contributed by atoms with Crippen molar-refractivity contribution in [2.24, 2.45) is 0 Å². The second kappa shape index (κ2) is 21.6. The number of allylic oxidation sites excluding steroid dienone is 4. The molecule has 9 heteroatoms. The van der Waals surface area contributed by atoms with Crippen LogP contribution in [0.25, 0.3) is 32.4 Å². The zero-order valence-electron chi connectivity index (χ0n) is 42.2. The fourth-order valence-electron chi connectivity index (χ4n) is 7.73. The Morgan fingerprint density at radius 2 is 0.746 bits per heavy atom. The van der Waals surface area contributed by atoms with E-state index in [0.717, 1.165) is 107 Å². The summed E-state index contributed by atoms with van der Waals surface area (Å²) in [6.07, 6.45) is 21.9. The zero-order valence-corrected chi connectivity index (χ0v) is 47.2. The summed E-state index contributed by atoms with van der Waals surface area (Å²) in [6, 6.07) is 21.0. The van der Waals surface area contributed by atoms with E-state index in [4.69, 9.17) is 30.7 Å². The Morgan fingerprint density at radius 1 is 0.448 bits per heavy atom. The van der Waals surface area contributed by atoms with Gasteiger partial charge in [0.1, 0.15) is 27.3 Å².